The summed E-state index contributed by atoms with van der Waals surface area (Å²) < 4.78 is 0. The Balaban J connectivity index is 1.49. The number of carbonyl (C=O) groups excluding carboxylic acids is 13. The van der Waals surface area contributed by atoms with Crippen molar-refractivity contribution in [3.63, 3.8) is 0 Å². The Morgan fingerprint density at radius 1 is 0.425 bits per heavy atom. The lowest BCUT2D eigenvalue weighted by molar-refractivity contribution is -0.439. The summed E-state index contributed by atoms with van der Waals surface area (Å²) >= 11 is 0. The van der Waals surface area contributed by atoms with Crippen LogP contribution in [0, 0.1) is 41.4 Å². The Kier molecular flexibility index (Phi) is 44.0. The van der Waals surface area contributed by atoms with E-state index in [2.05, 4.69) is 123 Å². The minimum atomic E-state index is -1.97. The number of benzene rings is 4. The van der Waals surface area contributed by atoms with Crippen LogP contribution in [0.2, 0.25) is 0 Å². The van der Waals surface area contributed by atoms with Crippen LogP contribution in [0.25, 0.3) is 0 Å². The van der Waals surface area contributed by atoms with Gasteiger partial charge in [0.05, 0.1) is 12.2 Å². The Hall–Kier alpha value is -9.88. The lowest BCUT2D eigenvalue weighted by Crippen LogP contribution is -2.66. The molecule has 1 unspecified atom stereocenters. The molecule has 0 aliphatic carbocycles. The number of nitrogens with zero attached hydrogens (tertiary/aromatic N) is 7. The molecule has 13 atom stereocenters. The number of hydrogen-bond donors (Lipinski definition) is 6. The number of rotatable bonds is 33. The molecule has 1 heterocycles. The molecule has 0 radical (unpaired) electrons. The summed E-state index contributed by atoms with van der Waals surface area (Å²) in [6.07, 6.45) is 8.08. The Morgan fingerprint density at radius 2 is 0.843 bits per heavy atom. The van der Waals surface area contributed by atoms with E-state index in [-0.39, 0.29) is 80.4 Å². The Labute approximate surface area is 758 Å². The molecule has 0 spiro atoms. The monoisotopic (exact) mass is 1780 g/mol. The van der Waals surface area contributed by atoms with E-state index in [9.17, 15) is 24.0 Å². The summed E-state index contributed by atoms with van der Waals surface area (Å²) in [6.45, 7) is 30.5. The molecule has 1 fully saturated rings. The van der Waals surface area contributed by atoms with Gasteiger partial charge in [-0.25, -0.2) is 0 Å². The second-order valence-corrected chi connectivity index (χ2v) is 40.8. The second kappa shape index (κ2) is 51.9. The molecule has 127 heavy (non-hydrogen) atoms. The fourth-order valence-corrected chi connectivity index (χ4v) is 21.2. The summed E-state index contributed by atoms with van der Waals surface area (Å²) in [5, 5.41) is 36.4. The van der Waals surface area contributed by atoms with Gasteiger partial charge in [0, 0.05) is 80.8 Å². The molecule has 0 bridgehead atoms. The fraction of sp³-hybridized carbons (Fsp3) is 0.606. The smallest absolute Gasteiger partial charge is 0.251 e. The van der Waals surface area contributed by atoms with Crippen LogP contribution in [0.5, 0.6) is 0 Å². The maximum atomic E-state index is 15.9. The van der Waals surface area contributed by atoms with Gasteiger partial charge >= 0.3 is 0 Å². The van der Waals surface area contributed by atoms with Crippen molar-refractivity contribution in [2.75, 3.05) is 68.6 Å². The van der Waals surface area contributed by atoms with Crippen LogP contribution in [0.15, 0.2) is 127 Å². The highest BCUT2D eigenvalue weighted by Gasteiger charge is 2.48. The Bertz CT molecular complexity index is 4170. The van der Waals surface area contributed by atoms with Crippen molar-refractivity contribution in [3.05, 3.63) is 139 Å². The molecule has 0 saturated carbocycles. The maximum Gasteiger partial charge on any atom is 0.251 e. The lowest BCUT2D eigenvalue weighted by atomic mass is 9.91. The van der Waals surface area contributed by atoms with E-state index in [0.29, 0.717) is 43.5 Å². The molecule has 5 rings (SSSR count). The van der Waals surface area contributed by atoms with Crippen molar-refractivity contribution in [2.45, 2.75) is 280 Å². The van der Waals surface area contributed by atoms with E-state index in [1.165, 1.54) is 108 Å². The van der Waals surface area contributed by atoms with Crippen molar-refractivity contribution < 1.29 is 67.4 Å². The molecule has 28 heteroatoms. The number of nitrogens with one attached hydrogen (secondary N) is 6. The van der Waals surface area contributed by atoms with Crippen LogP contribution >= 0.6 is 7.26 Å². The average Bonchev–Trinajstić information content (AvgIpc) is 0.760. The van der Waals surface area contributed by atoms with E-state index in [1.807, 2.05) is 55.4 Å². The topological polar surface area (TPSA) is 340 Å². The number of unbranched alkanes of at least 4 members (excludes halogenated alkanes) is 4. The highest BCUT2D eigenvalue weighted by molar-refractivity contribution is 7.95. The van der Waals surface area contributed by atoms with Gasteiger partial charge in [0.25, 0.3) is 5.91 Å². The first-order valence-electron chi connectivity index (χ1n) is 45.9. The highest BCUT2D eigenvalue weighted by atomic mass is 31.2. The van der Waals surface area contributed by atoms with Crippen molar-refractivity contribution in [3.8, 4) is 0 Å². The van der Waals surface area contributed by atoms with Crippen molar-refractivity contribution >= 4 is 100.0 Å². The van der Waals surface area contributed by atoms with E-state index in [1.54, 1.807) is 84.9 Å². The minimum absolute atomic E-state index is 0.00538. The zero-order valence-electron chi connectivity index (χ0n) is 80.4. The molecular weight excluding hydrogens is 1630 g/mol. The minimum Gasteiger partial charge on any atom is -0.850 e. The highest BCUT2D eigenvalue weighted by Crippen LogP contribution is 2.56. The van der Waals surface area contributed by atoms with Gasteiger partial charge in [-0.1, -0.05) is 188 Å². The lowest BCUT2D eigenvalue weighted by Gasteiger charge is -2.44. The quantitative estimate of drug-likeness (QED) is 0.0147. The molecule has 1 aliphatic heterocycles. The zero-order chi connectivity index (χ0) is 95.0. The molecular formula is C99H152N13O14P. The van der Waals surface area contributed by atoms with Crippen LogP contribution in [0.3, 0.4) is 0 Å². The molecule has 702 valence electrons. The summed E-state index contributed by atoms with van der Waals surface area (Å²) in [7, 11) is 7.87. The summed E-state index contributed by atoms with van der Waals surface area (Å²) in [5.74, 6) is -11.4. The first-order chi connectivity index (χ1) is 59.9. The SMILES string of the molecule is C/C=C/C[C@@H](C)[C@@H]([O-])[C@H]1C(=O)N[C@@H](CC)C(=O)N(C)C(Cc2ccc(C(=O)NCCCCCNC(=O)CCCCC[P+](c3ccccc3)(c3ccccc3)c3ccccc3)cc2)C(=O)N(C)[C@@H](CC(C)C)C(=O)N[C@@H](C(C)C)C(=O)N(C)[C@@H](CC(C)C)C(=O)N[C@@H](C)C(=O)N[C@H](C)C(=O)N(C)[C@@H](CC(C)C)C(=O)N(C)[C@@H](CC(C)C)C(=O)N(C)[C@@H](C(C)C)C(=O)N1C. The van der Waals surface area contributed by atoms with E-state index in [0.717, 1.165) is 36.7 Å². The van der Waals surface area contributed by atoms with Gasteiger partial charge in [-0.3, -0.25) is 62.3 Å². The fourth-order valence-electron chi connectivity index (χ4n) is 16.8. The normalized spacial score (nSPS) is 22.4. The third kappa shape index (κ3) is 30.4. The predicted molar refractivity (Wildman–Crippen MR) is 503 cm³/mol. The molecule has 27 nitrogen and oxygen atoms in total. The van der Waals surface area contributed by atoms with E-state index < -0.39 is 163 Å². The molecule has 4 aromatic rings. The first-order valence-corrected chi connectivity index (χ1v) is 47.9. The molecule has 0 aromatic heterocycles. The van der Waals surface area contributed by atoms with E-state index in [4.69, 9.17) is 0 Å². The maximum absolute atomic E-state index is 15.9. The molecule has 1 saturated heterocycles. The van der Waals surface area contributed by atoms with Gasteiger partial charge in [0.1, 0.15) is 83.6 Å². The summed E-state index contributed by atoms with van der Waals surface area (Å²) in [5.41, 5.74) is 0.791. The molecule has 1 aliphatic rings. The number of carbonyl (C=O) groups is 13. The van der Waals surface area contributed by atoms with Crippen LogP contribution in [-0.4, -0.2) is 252 Å². The van der Waals surface area contributed by atoms with Crippen LogP contribution in [-0.2, 0) is 64.0 Å². The third-order valence-corrected chi connectivity index (χ3v) is 29.0. The molecule has 6 N–H and O–H groups in total. The second-order valence-electron chi connectivity index (χ2n) is 37.2. The Morgan fingerprint density at radius 3 is 1.31 bits per heavy atom. The van der Waals surface area contributed by atoms with Gasteiger partial charge in [-0.15, -0.1) is 0 Å². The van der Waals surface area contributed by atoms with Crippen molar-refractivity contribution in [1.29, 1.82) is 0 Å². The van der Waals surface area contributed by atoms with Crippen LogP contribution in [0.1, 0.15) is 217 Å². The summed E-state index contributed by atoms with van der Waals surface area (Å²) in [4.78, 5) is 202. The number of likely N-dealkylation sites (N-methyl/N-ethyl adjacent to an activating group) is 7. The van der Waals surface area contributed by atoms with Gasteiger partial charge in [-0.05, 0) is 187 Å². The average molecular weight is 1780 g/mol. The van der Waals surface area contributed by atoms with Gasteiger partial charge in [0.15, 0.2) is 0 Å². The molecule has 13 amide bonds. The third-order valence-electron chi connectivity index (χ3n) is 24.4. The largest absolute Gasteiger partial charge is 0.850 e. The van der Waals surface area contributed by atoms with Gasteiger partial charge in [-0.2, -0.15) is 0 Å². The van der Waals surface area contributed by atoms with Gasteiger partial charge in [0.2, 0.25) is 70.9 Å². The predicted octanol–water partition coefficient (Wildman–Crippen LogP) is 8.82. The van der Waals surface area contributed by atoms with Crippen molar-refractivity contribution in [1.82, 2.24) is 66.2 Å². The van der Waals surface area contributed by atoms with Crippen LogP contribution < -0.4 is 52.9 Å². The number of hydrogen-bond acceptors (Lipinski definition) is 14. The standard InChI is InChI=1S/C99H152N13O14P/c1-25-27-43-69(15)87(114)86-92(119)104-77(26-2)94(121)109(21)82(62-72-51-53-73(54-52-72)89(116)101-56-41-32-40-55-100-83(113)50-39-31-42-57-127(74-44-33-28-34-45-74,75-46-35-29-36-47-75)76-48-37-30-38-49-76)96(123)106(18)79(59-64(5)6)91(118)105-84(67(11)12)98(125)107(19)78(58-63(3)4)90(117)102-70(16)88(115)103-71(17)93(120)108(20)80(60-65(7)8)95(122)110(22)81(61-66(9)10)97(124)111(23)85(68(13)14)99(126)112(86)24/h25,27-30,33-38,44-49,51-54,63-71,77-82,84-87H,26,31-32,39-43,50,55-62H2,1-24H3,(H,100,113)(H,101,116)(H,102,117)(H,103,115)(H,104,119)(H,105,118)/b27-25+/t69-,70+,71-,77+,78+,79+,80+,81+,82?,84+,85+,86+,87-/m1/s1. The first kappa shape index (κ1) is 108. The van der Waals surface area contributed by atoms with Gasteiger partial charge < -0.3 is 71.3 Å². The summed E-state index contributed by atoms with van der Waals surface area (Å²) in [6, 6.07) is 24.0. The van der Waals surface area contributed by atoms with E-state index >= 15 is 43.5 Å². The zero-order valence-corrected chi connectivity index (χ0v) is 81.3. The number of amides is 13. The molecule has 4 aromatic carbocycles. The van der Waals surface area contributed by atoms with Crippen LogP contribution in [0.4, 0.5) is 0 Å². The number of allylic oxidation sites excluding steroid dienone is 2. The van der Waals surface area contributed by atoms with Crippen molar-refractivity contribution in [2.24, 2.45) is 41.4 Å².